The normalized spacial score (nSPS) is 29.1. The highest BCUT2D eigenvalue weighted by molar-refractivity contribution is 9.10. The summed E-state index contributed by atoms with van der Waals surface area (Å²) in [6, 6.07) is 2.76. The Morgan fingerprint density at radius 3 is 2.53 bits per heavy atom. The quantitative estimate of drug-likeness (QED) is 0.819. The van der Waals surface area contributed by atoms with Crippen LogP contribution in [0.15, 0.2) is 16.9 Å². The van der Waals surface area contributed by atoms with Crippen LogP contribution >= 0.6 is 15.9 Å². The lowest BCUT2D eigenvalue weighted by atomic mass is 9.78. The Kier molecular flexibility index (Phi) is 4.08. The fourth-order valence-corrected chi connectivity index (χ4v) is 3.01. The molecule has 2 unspecified atom stereocenters. The van der Waals surface area contributed by atoms with Crippen molar-refractivity contribution >= 4 is 21.6 Å². The molecule has 1 fully saturated rings. The maximum Gasteiger partial charge on any atom is 0.109 e. The van der Waals surface area contributed by atoms with Crippen molar-refractivity contribution in [3.63, 3.8) is 0 Å². The molecule has 1 aliphatic rings. The molecule has 1 saturated carbocycles. The average molecular weight is 297 g/mol. The third-order valence-electron chi connectivity index (χ3n) is 3.89. The van der Waals surface area contributed by atoms with E-state index in [4.69, 9.17) is 0 Å². The van der Waals surface area contributed by atoms with Crippen LogP contribution in [0.1, 0.15) is 38.7 Å². The molecule has 2 rings (SSSR count). The van der Waals surface area contributed by atoms with E-state index in [0.29, 0.717) is 6.04 Å². The SMILES string of the molecule is Cc1cc(NC2C(C)CCCC2C)cnc1Br. The molecular weight excluding hydrogens is 276 g/mol. The molecule has 0 saturated heterocycles. The van der Waals surface area contributed by atoms with Crippen molar-refractivity contribution in [2.24, 2.45) is 11.8 Å². The first-order chi connectivity index (χ1) is 8.08. The van der Waals surface area contributed by atoms with Gasteiger partial charge in [-0.15, -0.1) is 0 Å². The minimum Gasteiger partial charge on any atom is -0.381 e. The Morgan fingerprint density at radius 1 is 1.29 bits per heavy atom. The number of halogens is 1. The summed E-state index contributed by atoms with van der Waals surface area (Å²) in [5, 5.41) is 3.67. The molecule has 0 aromatic carbocycles. The van der Waals surface area contributed by atoms with Crippen molar-refractivity contribution in [1.82, 2.24) is 4.98 Å². The minimum atomic E-state index is 0.589. The molecule has 1 aliphatic carbocycles. The number of hydrogen-bond acceptors (Lipinski definition) is 2. The average Bonchev–Trinajstić information content (AvgIpc) is 2.28. The van der Waals surface area contributed by atoms with Gasteiger partial charge in [-0.3, -0.25) is 0 Å². The highest BCUT2D eigenvalue weighted by atomic mass is 79.9. The zero-order valence-electron chi connectivity index (χ0n) is 10.8. The van der Waals surface area contributed by atoms with Crippen molar-refractivity contribution in [2.75, 3.05) is 5.32 Å². The monoisotopic (exact) mass is 296 g/mol. The first kappa shape index (κ1) is 12.9. The number of pyridine rings is 1. The number of aryl methyl sites for hydroxylation is 1. The summed E-state index contributed by atoms with van der Waals surface area (Å²) < 4.78 is 0.938. The highest BCUT2D eigenvalue weighted by Gasteiger charge is 2.27. The molecule has 1 heterocycles. The third kappa shape index (κ3) is 3.01. The largest absolute Gasteiger partial charge is 0.381 e. The molecule has 94 valence electrons. The summed E-state index contributed by atoms with van der Waals surface area (Å²) in [6.45, 7) is 6.79. The van der Waals surface area contributed by atoms with Gasteiger partial charge < -0.3 is 5.32 Å². The lowest BCUT2D eigenvalue weighted by Crippen LogP contribution is -2.37. The van der Waals surface area contributed by atoms with E-state index in [1.807, 2.05) is 6.20 Å². The fourth-order valence-electron chi connectivity index (χ4n) is 2.80. The molecule has 2 atom stereocenters. The number of aromatic nitrogens is 1. The van der Waals surface area contributed by atoms with E-state index in [1.54, 1.807) is 0 Å². The van der Waals surface area contributed by atoms with Crippen molar-refractivity contribution in [3.8, 4) is 0 Å². The van der Waals surface area contributed by atoms with Gasteiger partial charge in [0.15, 0.2) is 0 Å². The van der Waals surface area contributed by atoms with Gasteiger partial charge in [-0.05, 0) is 59.2 Å². The fraction of sp³-hybridized carbons (Fsp3) is 0.643. The predicted octanol–water partition coefficient (Wildman–Crippen LogP) is 4.39. The van der Waals surface area contributed by atoms with Crippen LogP contribution in [0.25, 0.3) is 0 Å². The van der Waals surface area contributed by atoms with Crippen LogP contribution < -0.4 is 5.32 Å². The zero-order valence-corrected chi connectivity index (χ0v) is 12.4. The summed E-state index contributed by atoms with van der Waals surface area (Å²) in [5.41, 5.74) is 2.34. The molecule has 0 bridgehead atoms. The van der Waals surface area contributed by atoms with E-state index in [1.165, 1.54) is 24.8 Å². The molecule has 2 nitrogen and oxygen atoms in total. The second kappa shape index (κ2) is 5.38. The molecule has 0 aliphatic heterocycles. The number of hydrogen-bond donors (Lipinski definition) is 1. The van der Waals surface area contributed by atoms with Gasteiger partial charge >= 0.3 is 0 Å². The molecule has 0 amide bonds. The minimum absolute atomic E-state index is 0.589. The van der Waals surface area contributed by atoms with E-state index in [-0.39, 0.29) is 0 Å². The van der Waals surface area contributed by atoms with Gasteiger partial charge in [-0.25, -0.2) is 4.98 Å². The van der Waals surface area contributed by atoms with Crippen LogP contribution in [-0.4, -0.2) is 11.0 Å². The van der Waals surface area contributed by atoms with Crippen LogP contribution in [0, 0.1) is 18.8 Å². The van der Waals surface area contributed by atoms with Crippen molar-refractivity contribution in [1.29, 1.82) is 0 Å². The van der Waals surface area contributed by atoms with E-state index >= 15 is 0 Å². The maximum absolute atomic E-state index is 4.35. The Labute approximate surface area is 112 Å². The number of nitrogens with one attached hydrogen (secondary N) is 1. The topological polar surface area (TPSA) is 24.9 Å². The highest BCUT2D eigenvalue weighted by Crippen LogP contribution is 2.31. The summed E-state index contributed by atoms with van der Waals surface area (Å²) >= 11 is 3.44. The second-order valence-electron chi connectivity index (χ2n) is 5.39. The lowest BCUT2D eigenvalue weighted by molar-refractivity contribution is 0.268. The van der Waals surface area contributed by atoms with Crippen molar-refractivity contribution in [2.45, 2.75) is 46.1 Å². The van der Waals surface area contributed by atoms with Crippen molar-refractivity contribution in [3.05, 3.63) is 22.4 Å². The van der Waals surface area contributed by atoms with E-state index < -0.39 is 0 Å². The summed E-state index contributed by atoms with van der Waals surface area (Å²) in [7, 11) is 0. The van der Waals surface area contributed by atoms with Gasteiger partial charge in [0.1, 0.15) is 4.60 Å². The van der Waals surface area contributed by atoms with E-state index in [2.05, 4.69) is 53.1 Å². The van der Waals surface area contributed by atoms with Gasteiger partial charge in [0.2, 0.25) is 0 Å². The molecule has 1 aromatic rings. The number of anilines is 1. The lowest BCUT2D eigenvalue weighted by Gasteiger charge is -2.35. The maximum atomic E-state index is 4.35. The van der Waals surface area contributed by atoms with Gasteiger partial charge in [0, 0.05) is 6.04 Å². The standard InChI is InChI=1S/C14H21BrN2/c1-9-5-4-6-10(2)13(9)17-12-7-11(3)14(15)16-8-12/h7-10,13,17H,4-6H2,1-3H3. The van der Waals surface area contributed by atoms with Crippen LogP contribution in [0.5, 0.6) is 0 Å². The Bertz CT molecular complexity index is 382. The van der Waals surface area contributed by atoms with Gasteiger partial charge in [0.25, 0.3) is 0 Å². The summed E-state index contributed by atoms with van der Waals surface area (Å²) in [5.74, 6) is 1.51. The second-order valence-corrected chi connectivity index (χ2v) is 6.14. The third-order valence-corrected chi connectivity index (χ3v) is 4.72. The summed E-state index contributed by atoms with van der Waals surface area (Å²) in [4.78, 5) is 4.35. The molecule has 17 heavy (non-hydrogen) atoms. The van der Waals surface area contributed by atoms with Gasteiger partial charge in [-0.1, -0.05) is 20.3 Å². The van der Waals surface area contributed by atoms with Crippen LogP contribution in [-0.2, 0) is 0 Å². The van der Waals surface area contributed by atoms with E-state index in [9.17, 15) is 0 Å². The van der Waals surface area contributed by atoms with Gasteiger partial charge in [-0.2, -0.15) is 0 Å². The molecule has 0 spiro atoms. The Balaban J connectivity index is 2.10. The van der Waals surface area contributed by atoms with Crippen LogP contribution in [0.3, 0.4) is 0 Å². The Morgan fingerprint density at radius 2 is 1.94 bits per heavy atom. The smallest absolute Gasteiger partial charge is 0.109 e. The zero-order chi connectivity index (χ0) is 12.4. The first-order valence-corrected chi connectivity index (χ1v) is 7.26. The first-order valence-electron chi connectivity index (χ1n) is 6.46. The molecule has 0 radical (unpaired) electrons. The molecule has 3 heteroatoms. The predicted molar refractivity (Wildman–Crippen MR) is 76.3 cm³/mol. The number of nitrogens with zero attached hydrogens (tertiary/aromatic N) is 1. The molecule has 1 aromatic heterocycles. The molecular formula is C14H21BrN2. The van der Waals surface area contributed by atoms with Crippen molar-refractivity contribution < 1.29 is 0 Å². The molecule has 1 N–H and O–H groups in total. The van der Waals surface area contributed by atoms with Gasteiger partial charge in [0.05, 0.1) is 11.9 Å². The summed E-state index contributed by atoms with van der Waals surface area (Å²) in [6.07, 6.45) is 5.97. The van der Waals surface area contributed by atoms with Crippen LogP contribution in [0.4, 0.5) is 5.69 Å². The van der Waals surface area contributed by atoms with Crippen LogP contribution in [0.2, 0.25) is 0 Å². The Hall–Kier alpha value is -0.570. The van der Waals surface area contributed by atoms with E-state index in [0.717, 1.165) is 22.1 Å². The number of rotatable bonds is 2.